The summed E-state index contributed by atoms with van der Waals surface area (Å²) in [6.07, 6.45) is 1.55. The normalized spacial score (nSPS) is 16.9. The Labute approximate surface area is 120 Å². The molecule has 1 saturated heterocycles. The van der Waals surface area contributed by atoms with Crippen molar-refractivity contribution < 1.29 is 9.59 Å². The summed E-state index contributed by atoms with van der Waals surface area (Å²) in [5.41, 5.74) is 1.51. The molecule has 2 heterocycles. The largest absolute Gasteiger partial charge is 0.277 e. The molecule has 0 aromatic carbocycles. The summed E-state index contributed by atoms with van der Waals surface area (Å²) in [5.74, 6) is -0.642. The molecule has 0 radical (unpaired) electrons. The van der Waals surface area contributed by atoms with E-state index in [0.717, 1.165) is 12.8 Å². The molecule has 9 heteroatoms. The van der Waals surface area contributed by atoms with E-state index in [0.29, 0.717) is 18.2 Å². The van der Waals surface area contributed by atoms with E-state index in [-0.39, 0.29) is 11.8 Å². The van der Waals surface area contributed by atoms with Crippen LogP contribution in [0.1, 0.15) is 26.7 Å². The first-order chi connectivity index (χ1) is 9.69. The van der Waals surface area contributed by atoms with E-state index in [1.54, 1.807) is 0 Å². The van der Waals surface area contributed by atoms with Crippen LogP contribution < -0.4 is 0 Å². The SMILES string of the molecule is CCCN1C(=O)C(/N=N/c2nncs2)C(=O)N1CCC. The molecule has 2 rings (SSSR count). The van der Waals surface area contributed by atoms with E-state index >= 15 is 0 Å². The molecule has 0 bridgehead atoms. The lowest BCUT2D eigenvalue weighted by Gasteiger charge is -2.26. The van der Waals surface area contributed by atoms with Gasteiger partial charge in [0.05, 0.1) is 0 Å². The molecule has 108 valence electrons. The van der Waals surface area contributed by atoms with Crippen molar-refractivity contribution in [2.75, 3.05) is 13.1 Å². The summed E-state index contributed by atoms with van der Waals surface area (Å²) < 4.78 is 0. The molecular weight excluding hydrogens is 280 g/mol. The van der Waals surface area contributed by atoms with Gasteiger partial charge in [0.25, 0.3) is 16.9 Å². The Morgan fingerprint density at radius 1 is 1.20 bits per heavy atom. The van der Waals surface area contributed by atoms with Crippen molar-refractivity contribution in [2.45, 2.75) is 32.7 Å². The summed E-state index contributed by atoms with van der Waals surface area (Å²) in [6.45, 7) is 4.93. The van der Waals surface area contributed by atoms with Gasteiger partial charge in [0.15, 0.2) is 0 Å². The third-order valence-electron chi connectivity index (χ3n) is 2.75. The van der Waals surface area contributed by atoms with E-state index < -0.39 is 6.04 Å². The van der Waals surface area contributed by atoms with E-state index in [1.807, 2.05) is 13.8 Å². The average Bonchev–Trinajstić information content (AvgIpc) is 3.01. The summed E-state index contributed by atoms with van der Waals surface area (Å²) in [5, 5.41) is 18.2. The Morgan fingerprint density at radius 3 is 2.25 bits per heavy atom. The molecule has 1 aliphatic rings. The van der Waals surface area contributed by atoms with Crippen LogP contribution in [0.2, 0.25) is 0 Å². The van der Waals surface area contributed by atoms with Crippen molar-refractivity contribution in [3.63, 3.8) is 0 Å². The molecule has 0 spiro atoms. The number of aromatic nitrogens is 2. The Hall–Kier alpha value is -1.90. The highest BCUT2D eigenvalue weighted by atomic mass is 32.1. The Balaban J connectivity index is 2.16. The molecule has 20 heavy (non-hydrogen) atoms. The van der Waals surface area contributed by atoms with Crippen LogP contribution in [0.3, 0.4) is 0 Å². The molecule has 1 aromatic heterocycles. The smallest absolute Gasteiger partial charge is 0.270 e. The average molecular weight is 296 g/mol. The highest BCUT2D eigenvalue weighted by molar-refractivity contribution is 7.13. The topological polar surface area (TPSA) is 91.1 Å². The number of hydrogen-bond donors (Lipinski definition) is 0. The fourth-order valence-electron chi connectivity index (χ4n) is 1.93. The second-order valence-electron chi connectivity index (χ2n) is 4.26. The van der Waals surface area contributed by atoms with Crippen LogP contribution in [-0.2, 0) is 9.59 Å². The maximum absolute atomic E-state index is 12.2. The van der Waals surface area contributed by atoms with Crippen LogP contribution in [-0.4, -0.2) is 51.2 Å². The maximum atomic E-state index is 12.2. The summed E-state index contributed by atoms with van der Waals surface area (Å²) in [4.78, 5) is 24.5. The van der Waals surface area contributed by atoms with Crippen LogP contribution >= 0.6 is 11.3 Å². The molecule has 0 aliphatic carbocycles. The van der Waals surface area contributed by atoms with Crippen molar-refractivity contribution in [3.05, 3.63) is 5.51 Å². The molecule has 1 aliphatic heterocycles. The van der Waals surface area contributed by atoms with E-state index in [1.165, 1.54) is 26.9 Å². The van der Waals surface area contributed by atoms with E-state index in [4.69, 9.17) is 0 Å². The number of rotatable bonds is 6. The number of hydrogen-bond acceptors (Lipinski definition) is 7. The molecular formula is C11H16N6O2S. The van der Waals surface area contributed by atoms with Crippen molar-refractivity contribution in [1.82, 2.24) is 20.2 Å². The van der Waals surface area contributed by atoms with Gasteiger partial charge in [-0.2, -0.15) is 5.11 Å². The predicted octanol–water partition coefficient (Wildman–Crippen LogP) is 1.40. The number of carbonyl (C=O) groups is 2. The van der Waals surface area contributed by atoms with Crippen LogP contribution in [0.15, 0.2) is 15.7 Å². The van der Waals surface area contributed by atoms with Crippen molar-refractivity contribution in [1.29, 1.82) is 0 Å². The van der Waals surface area contributed by atoms with E-state index in [2.05, 4.69) is 20.4 Å². The minimum Gasteiger partial charge on any atom is -0.270 e. The molecule has 2 amide bonds. The van der Waals surface area contributed by atoms with Gasteiger partial charge in [-0.3, -0.25) is 9.59 Å². The van der Waals surface area contributed by atoms with Gasteiger partial charge in [-0.25, -0.2) is 10.0 Å². The second-order valence-corrected chi connectivity index (χ2v) is 5.07. The molecule has 0 atom stereocenters. The summed E-state index contributed by atoms with van der Waals surface area (Å²) in [7, 11) is 0. The highest BCUT2D eigenvalue weighted by Crippen LogP contribution is 2.21. The molecule has 0 saturated carbocycles. The molecule has 0 unspecified atom stereocenters. The van der Waals surface area contributed by atoms with Gasteiger partial charge in [0.1, 0.15) is 5.51 Å². The third kappa shape index (κ3) is 2.82. The van der Waals surface area contributed by atoms with Gasteiger partial charge in [0, 0.05) is 13.1 Å². The van der Waals surface area contributed by atoms with Crippen LogP contribution in [0, 0.1) is 0 Å². The maximum Gasteiger partial charge on any atom is 0.277 e. The zero-order valence-corrected chi connectivity index (χ0v) is 12.2. The lowest BCUT2D eigenvalue weighted by atomic mass is 10.3. The zero-order valence-electron chi connectivity index (χ0n) is 11.4. The Bertz CT molecular complexity index is 479. The minimum atomic E-state index is -1.09. The number of carbonyl (C=O) groups excluding carboxylic acids is 2. The summed E-state index contributed by atoms with van der Waals surface area (Å²) in [6, 6.07) is -1.09. The van der Waals surface area contributed by atoms with Crippen LogP contribution in [0.25, 0.3) is 0 Å². The fraction of sp³-hybridized carbons (Fsp3) is 0.636. The molecule has 1 aromatic rings. The molecule has 0 N–H and O–H groups in total. The quantitative estimate of drug-likeness (QED) is 0.586. The second kappa shape index (κ2) is 6.51. The first-order valence-corrected chi connectivity index (χ1v) is 7.36. The number of azo groups is 1. The van der Waals surface area contributed by atoms with Gasteiger partial charge < -0.3 is 0 Å². The van der Waals surface area contributed by atoms with Gasteiger partial charge in [-0.05, 0) is 12.8 Å². The first kappa shape index (κ1) is 14.5. The summed E-state index contributed by atoms with van der Waals surface area (Å²) >= 11 is 1.20. The third-order valence-corrected chi connectivity index (χ3v) is 3.32. The lowest BCUT2D eigenvalue weighted by molar-refractivity contribution is -0.146. The Kier molecular flexibility index (Phi) is 4.72. The molecule has 1 fully saturated rings. The number of amides is 2. The molecule has 8 nitrogen and oxygen atoms in total. The van der Waals surface area contributed by atoms with Gasteiger partial charge in [0.2, 0.25) is 6.04 Å². The minimum absolute atomic E-state index is 0.321. The Morgan fingerprint density at radius 2 is 1.80 bits per heavy atom. The van der Waals surface area contributed by atoms with Crippen molar-refractivity contribution in [2.24, 2.45) is 10.2 Å². The number of nitrogens with zero attached hydrogens (tertiary/aromatic N) is 6. The van der Waals surface area contributed by atoms with Gasteiger partial charge >= 0.3 is 0 Å². The standard InChI is InChI=1S/C11H16N6O2S/c1-3-5-16-9(18)8(10(19)17(16)6-4-2)13-15-11-14-12-7-20-11/h7-8H,3-6H2,1-2H3/b15-13+. The zero-order chi connectivity index (χ0) is 14.5. The van der Waals surface area contributed by atoms with Gasteiger partial charge in [-0.15, -0.1) is 15.3 Å². The lowest BCUT2D eigenvalue weighted by Crippen LogP contribution is -2.41. The first-order valence-electron chi connectivity index (χ1n) is 6.48. The van der Waals surface area contributed by atoms with E-state index in [9.17, 15) is 9.59 Å². The van der Waals surface area contributed by atoms with Crippen LogP contribution in [0.4, 0.5) is 5.13 Å². The van der Waals surface area contributed by atoms with Crippen molar-refractivity contribution >= 4 is 28.3 Å². The van der Waals surface area contributed by atoms with Gasteiger partial charge in [-0.1, -0.05) is 25.2 Å². The van der Waals surface area contributed by atoms with Crippen LogP contribution in [0.5, 0.6) is 0 Å². The fourth-order valence-corrected chi connectivity index (χ4v) is 2.31. The monoisotopic (exact) mass is 296 g/mol. The van der Waals surface area contributed by atoms with Crippen molar-refractivity contribution in [3.8, 4) is 0 Å². The predicted molar refractivity (Wildman–Crippen MR) is 72.2 cm³/mol. The highest BCUT2D eigenvalue weighted by Gasteiger charge is 2.45. The number of hydrazine groups is 1.